The van der Waals surface area contributed by atoms with Crippen molar-refractivity contribution in [1.29, 1.82) is 0 Å². The highest BCUT2D eigenvalue weighted by atomic mass is 16.1. The van der Waals surface area contributed by atoms with Gasteiger partial charge in [0.05, 0.1) is 0 Å². The molecule has 1 aliphatic rings. The predicted molar refractivity (Wildman–Crippen MR) is 78.5 cm³/mol. The van der Waals surface area contributed by atoms with Gasteiger partial charge in [-0.25, -0.2) is 0 Å². The molecule has 1 aromatic rings. The monoisotopic (exact) mass is 275 g/mol. The van der Waals surface area contributed by atoms with E-state index >= 15 is 0 Å². The first-order valence-electron chi connectivity index (χ1n) is 6.96. The van der Waals surface area contributed by atoms with Gasteiger partial charge in [0.15, 0.2) is 0 Å². The molecule has 0 atom stereocenters. The molecule has 1 saturated heterocycles. The van der Waals surface area contributed by atoms with Gasteiger partial charge >= 0.3 is 0 Å². The van der Waals surface area contributed by atoms with E-state index < -0.39 is 0 Å². The fourth-order valence-corrected chi connectivity index (χ4v) is 2.28. The molecule has 1 N–H and O–H groups in total. The van der Waals surface area contributed by atoms with Gasteiger partial charge in [-0.15, -0.1) is 0 Å². The maximum Gasteiger partial charge on any atom is 0.225 e. The lowest BCUT2D eigenvalue weighted by Gasteiger charge is -2.32. The summed E-state index contributed by atoms with van der Waals surface area (Å²) in [6.07, 6.45) is 1.37. The number of nitrogens with zero attached hydrogens (tertiary/aromatic N) is 2. The standard InChI is InChI=1S/C15H21N3O2/c1-13-4-2-3-5-14(13)16-15(20)6-7-17-8-10-18(12-19)11-9-17/h2-5,12H,6-11H2,1H3,(H,16,20). The number of amides is 2. The van der Waals surface area contributed by atoms with Crippen molar-refractivity contribution in [2.75, 3.05) is 38.0 Å². The van der Waals surface area contributed by atoms with Gasteiger partial charge in [0.2, 0.25) is 12.3 Å². The van der Waals surface area contributed by atoms with E-state index in [0.717, 1.165) is 50.4 Å². The minimum atomic E-state index is 0.0390. The number of hydrogen-bond donors (Lipinski definition) is 1. The molecular weight excluding hydrogens is 254 g/mol. The van der Waals surface area contributed by atoms with E-state index in [-0.39, 0.29) is 5.91 Å². The quantitative estimate of drug-likeness (QED) is 0.819. The number of rotatable bonds is 5. The highest BCUT2D eigenvalue weighted by Gasteiger charge is 2.16. The van der Waals surface area contributed by atoms with E-state index in [1.54, 1.807) is 4.90 Å². The maximum absolute atomic E-state index is 11.9. The van der Waals surface area contributed by atoms with Crippen LogP contribution in [-0.4, -0.2) is 54.8 Å². The predicted octanol–water partition coefficient (Wildman–Crippen LogP) is 1.10. The van der Waals surface area contributed by atoms with Gasteiger partial charge in [-0.1, -0.05) is 18.2 Å². The van der Waals surface area contributed by atoms with E-state index in [2.05, 4.69) is 10.2 Å². The Morgan fingerprint density at radius 1 is 1.25 bits per heavy atom. The molecule has 0 aliphatic carbocycles. The van der Waals surface area contributed by atoms with Gasteiger partial charge in [-0.05, 0) is 18.6 Å². The number of aryl methyl sites for hydroxylation is 1. The molecule has 108 valence electrons. The Morgan fingerprint density at radius 2 is 1.95 bits per heavy atom. The number of piperazine rings is 1. The minimum absolute atomic E-state index is 0.0390. The Bertz CT molecular complexity index is 468. The number of carbonyl (C=O) groups excluding carboxylic acids is 2. The first-order chi connectivity index (χ1) is 9.69. The Balaban J connectivity index is 1.73. The number of carbonyl (C=O) groups is 2. The molecule has 0 saturated carbocycles. The van der Waals surface area contributed by atoms with Gasteiger partial charge in [-0.2, -0.15) is 0 Å². The fourth-order valence-electron chi connectivity index (χ4n) is 2.28. The number of anilines is 1. The van der Waals surface area contributed by atoms with Crippen molar-refractivity contribution in [2.24, 2.45) is 0 Å². The van der Waals surface area contributed by atoms with Crippen molar-refractivity contribution in [3.8, 4) is 0 Å². The summed E-state index contributed by atoms with van der Waals surface area (Å²) < 4.78 is 0. The van der Waals surface area contributed by atoms with Crippen LogP contribution >= 0.6 is 0 Å². The van der Waals surface area contributed by atoms with Gasteiger partial charge < -0.3 is 10.2 Å². The maximum atomic E-state index is 11.9. The molecule has 1 aliphatic heterocycles. The first-order valence-corrected chi connectivity index (χ1v) is 6.96. The molecule has 0 radical (unpaired) electrons. The molecule has 1 heterocycles. The van der Waals surface area contributed by atoms with Gasteiger partial charge in [0.1, 0.15) is 0 Å². The Hall–Kier alpha value is -1.88. The molecule has 0 bridgehead atoms. The van der Waals surface area contributed by atoms with Gasteiger partial charge in [-0.3, -0.25) is 14.5 Å². The van der Waals surface area contributed by atoms with E-state index in [1.807, 2.05) is 31.2 Å². The third kappa shape index (κ3) is 4.06. The van der Waals surface area contributed by atoms with Crippen molar-refractivity contribution in [2.45, 2.75) is 13.3 Å². The number of nitrogens with one attached hydrogen (secondary N) is 1. The summed E-state index contributed by atoms with van der Waals surface area (Å²) in [6, 6.07) is 7.77. The zero-order valence-corrected chi connectivity index (χ0v) is 11.8. The van der Waals surface area contributed by atoms with Crippen LogP contribution in [0.1, 0.15) is 12.0 Å². The molecule has 0 unspecified atom stereocenters. The highest BCUT2D eigenvalue weighted by Crippen LogP contribution is 2.13. The van der Waals surface area contributed by atoms with Crippen LogP contribution in [0.3, 0.4) is 0 Å². The van der Waals surface area contributed by atoms with Gasteiger partial charge in [0.25, 0.3) is 0 Å². The minimum Gasteiger partial charge on any atom is -0.343 e. The summed E-state index contributed by atoms with van der Waals surface area (Å²) in [7, 11) is 0. The lowest BCUT2D eigenvalue weighted by Crippen LogP contribution is -2.46. The molecule has 20 heavy (non-hydrogen) atoms. The Labute approximate surface area is 119 Å². The van der Waals surface area contributed by atoms with Crippen LogP contribution in [0.25, 0.3) is 0 Å². The smallest absolute Gasteiger partial charge is 0.225 e. The van der Waals surface area contributed by atoms with Crippen molar-refractivity contribution in [3.63, 3.8) is 0 Å². The Kier molecular flexibility index (Phi) is 5.12. The summed E-state index contributed by atoms with van der Waals surface area (Å²) in [5.41, 5.74) is 1.95. The number of benzene rings is 1. The second-order valence-electron chi connectivity index (χ2n) is 5.10. The zero-order valence-electron chi connectivity index (χ0n) is 11.8. The SMILES string of the molecule is Cc1ccccc1NC(=O)CCN1CCN(C=O)CC1. The average Bonchev–Trinajstić information content (AvgIpc) is 2.48. The van der Waals surface area contributed by atoms with Crippen LogP contribution in [-0.2, 0) is 9.59 Å². The van der Waals surface area contributed by atoms with E-state index in [0.29, 0.717) is 6.42 Å². The number of hydrogen-bond acceptors (Lipinski definition) is 3. The van der Waals surface area contributed by atoms with Crippen molar-refractivity contribution in [1.82, 2.24) is 9.80 Å². The van der Waals surface area contributed by atoms with Crippen molar-refractivity contribution >= 4 is 18.0 Å². The molecular formula is C15H21N3O2. The van der Waals surface area contributed by atoms with Gasteiger partial charge in [0, 0.05) is 44.8 Å². The van der Waals surface area contributed by atoms with Crippen LogP contribution in [0.15, 0.2) is 24.3 Å². The molecule has 2 amide bonds. The molecule has 0 spiro atoms. The van der Waals surface area contributed by atoms with Crippen LogP contribution in [0.2, 0.25) is 0 Å². The molecule has 0 aromatic heterocycles. The van der Waals surface area contributed by atoms with Crippen molar-refractivity contribution < 1.29 is 9.59 Å². The lowest BCUT2D eigenvalue weighted by molar-refractivity contribution is -0.120. The summed E-state index contributed by atoms with van der Waals surface area (Å²) in [5.74, 6) is 0.0390. The second-order valence-corrected chi connectivity index (χ2v) is 5.10. The molecule has 1 aromatic carbocycles. The topological polar surface area (TPSA) is 52.7 Å². The largest absolute Gasteiger partial charge is 0.343 e. The second kappa shape index (κ2) is 7.05. The van der Waals surface area contributed by atoms with Crippen molar-refractivity contribution in [3.05, 3.63) is 29.8 Å². The molecule has 5 heteroatoms. The Morgan fingerprint density at radius 3 is 2.60 bits per heavy atom. The first kappa shape index (κ1) is 14.5. The van der Waals surface area contributed by atoms with Crippen LogP contribution in [0, 0.1) is 6.92 Å². The van der Waals surface area contributed by atoms with E-state index in [4.69, 9.17) is 0 Å². The summed E-state index contributed by atoms with van der Waals surface area (Å²) in [5, 5.41) is 2.94. The summed E-state index contributed by atoms with van der Waals surface area (Å²) in [6.45, 7) is 5.91. The van der Waals surface area contributed by atoms with Crippen LogP contribution < -0.4 is 5.32 Å². The molecule has 5 nitrogen and oxygen atoms in total. The molecule has 2 rings (SSSR count). The zero-order chi connectivity index (χ0) is 14.4. The normalized spacial score (nSPS) is 15.9. The highest BCUT2D eigenvalue weighted by molar-refractivity contribution is 5.91. The average molecular weight is 275 g/mol. The summed E-state index contributed by atoms with van der Waals surface area (Å²) in [4.78, 5) is 26.5. The molecule has 1 fully saturated rings. The van der Waals surface area contributed by atoms with Crippen LogP contribution in [0.4, 0.5) is 5.69 Å². The third-order valence-electron chi connectivity index (χ3n) is 3.63. The lowest BCUT2D eigenvalue weighted by atomic mass is 10.2. The summed E-state index contributed by atoms with van der Waals surface area (Å²) >= 11 is 0. The number of para-hydroxylation sites is 1. The third-order valence-corrected chi connectivity index (χ3v) is 3.63. The van der Waals surface area contributed by atoms with E-state index in [9.17, 15) is 9.59 Å². The van der Waals surface area contributed by atoms with Crippen LogP contribution in [0.5, 0.6) is 0 Å². The fraction of sp³-hybridized carbons (Fsp3) is 0.467. The van der Waals surface area contributed by atoms with E-state index in [1.165, 1.54) is 0 Å².